The molecule has 0 amide bonds. The zero-order valence-electron chi connectivity index (χ0n) is 12.5. The number of aryl methyl sites for hydroxylation is 2. The van der Waals surface area contributed by atoms with Crippen LogP contribution in [0.25, 0.3) is 11.0 Å². The Morgan fingerprint density at radius 2 is 1.82 bits per heavy atom. The number of ketones is 1. The van der Waals surface area contributed by atoms with E-state index in [0.29, 0.717) is 23.0 Å². The molecule has 0 radical (unpaired) electrons. The number of Topliss-reactive ketones (excluding diaryl/α,β-unsaturated/α-hetero) is 1. The fourth-order valence-corrected chi connectivity index (χ4v) is 2.92. The molecule has 1 aromatic heterocycles. The molecular weight excluding hydrogens is 284 g/mol. The fraction of sp³-hybridized carbons (Fsp3) is 0.353. The minimum absolute atomic E-state index is 0.289. The van der Waals surface area contributed by atoms with Crippen LogP contribution in [0.15, 0.2) is 21.3 Å². The number of hydrogen-bond acceptors (Lipinski definition) is 5. The zero-order valence-corrected chi connectivity index (χ0v) is 12.5. The van der Waals surface area contributed by atoms with E-state index in [1.807, 2.05) is 6.92 Å². The Bertz CT molecular complexity index is 844. The Balaban J connectivity index is 2.29. The van der Waals surface area contributed by atoms with E-state index >= 15 is 0 Å². The normalized spacial score (nSPS) is 13.7. The van der Waals surface area contributed by atoms with E-state index < -0.39 is 11.8 Å². The highest BCUT2D eigenvalue weighted by Gasteiger charge is 2.22. The van der Waals surface area contributed by atoms with Gasteiger partial charge in [-0.3, -0.25) is 4.79 Å². The van der Waals surface area contributed by atoms with Crippen LogP contribution in [-0.4, -0.2) is 11.8 Å². The van der Waals surface area contributed by atoms with Crippen molar-refractivity contribution in [2.24, 2.45) is 0 Å². The van der Waals surface area contributed by atoms with E-state index in [2.05, 4.69) is 0 Å². The molecule has 22 heavy (non-hydrogen) atoms. The maximum absolute atomic E-state index is 12.1. The van der Waals surface area contributed by atoms with E-state index in [1.54, 1.807) is 12.1 Å². The number of hydrogen-bond donors (Lipinski definition) is 0. The second-order valence-electron chi connectivity index (χ2n) is 5.64. The van der Waals surface area contributed by atoms with E-state index in [9.17, 15) is 14.4 Å². The lowest BCUT2D eigenvalue weighted by atomic mass is 9.90. The van der Waals surface area contributed by atoms with Crippen LogP contribution in [0.2, 0.25) is 0 Å². The number of rotatable bonds is 2. The molecule has 1 heterocycles. The largest absolute Gasteiger partial charge is 0.422 e. The van der Waals surface area contributed by atoms with Gasteiger partial charge in [-0.2, -0.15) is 0 Å². The molecule has 1 aliphatic rings. The molecule has 1 aliphatic carbocycles. The second kappa shape index (κ2) is 5.40. The zero-order chi connectivity index (χ0) is 15.9. The number of ether oxygens (including phenoxy) is 1. The Labute approximate surface area is 126 Å². The Kier molecular flexibility index (Phi) is 3.56. The predicted octanol–water partition coefficient (Wildman–Crippen LogP) is 2.47. The van der Waals surface area contributed by atoms with Gasteiger partial charge in [-0.25, -0.2) is 9.59 Å². The molecule has 0 saturated carbocycles. The first-order valence-corrected chi connectivity index (χ1v) is 7.29. The first kappa shape index (κ1) is 14.5. The van der Waals surface area contributed by atoms with Crippen LogP contribution in [0.1, 0.15) is 36.5 Å². The van der Waals surface area contributed by atoms with Gasteiger partial charge in [0.05, 0.1) is 5.39 Å². The average molecular weight is 300 g/mol. The monoisotopic (exact) mass is 300 g/mol. The maximum atomic E-state index is 12.1. The maximum Gasteiger partial charge on any atom is 0.379 e. The molecule has 0 bridgehead atoms. The molecule has 0 unspecified atom stereocenters. The predicted molar refractivity (Wildman–Crippen MR) is 80.2 cm³/mol. The summed E-state index contributed by atoms with van der Waals surface area (Å²) in [4.78, 5) is 34.9. The highest BCUT2D eigenvalue weighted by Crippen LogP contribution is 2.34. The van der Waals surface area contributed by atoms with Gasteiger partial charge in [0.25, 0.3) is 0 Å². The summed E-state index contributed by atoms with van der Waals surface area (Å²) in [7, 11) is 0. The quantitative estimate of drug-likeness (QED) is 0.369. The molecule has 0 fully saturated rings. The van der Waals surface area contributed by atoms with Gasteiger partial charge in [-0.15, -0.1) is 0 Å². The first-order chi connectivity index (χ1) is 10.5. The van der Waals surface area contributed by atoms with Gasteiger partial charge in [0, 0.05) is 12.5 Å². The summed E-state index contributed by atoms with van der Waals surface area (Å²) >= 11 is 0. The highest BCUT2D eigenvalue weighted by atomic mass is 16.5. The highest BCUT2D eigenvalue weighted by molar-refractivity contribution is 6.33. The van der Waals surface area contributed by atoms with Crippen LogP contribution < -0.4 is 10.4 Å². The summed E-state index contributed by atoms with van der Waals surface area (Å²) in [5.41, 5.74) is 2.40. The number of esters is 1. The standard InChI is InChI=1S/C17H16O5/c1-9-7-13(21-16(19)10(2)18)15-11-5-3-4-6-12(11)17(20)22-14(15)8-9/h7-8H,3-6H2,1-2H3. The van der Waals surface area contributed by atoms with Crippen LogP contribution in [0.5, 0.6) is 5.75 Å². The van der Waals surface area contributed by atoms with Crippen molar-refractivity contribution in [3.8, 4) is 5.75 Å². The number of carbonyl (C=O) groups is 2. The summed E-state index contributed by atoms with van der Waals surface area (Å²) in [5.74, 6) is -1.29. The lowest BCUT2D eigenvalue weighted by molar-refractivity contribution is -0.145. The molecule has 2 aromatic rings. The van der Waals surface area contributed by atoms with E-state index in [4.69, 9.17) is 9.15 Å². The van der Waals surface area contributed by atoms with E-state index in [-0.39, 0.29) is 11.4 Å². The summed E-state index contributed by atoms with van der Waals surface area (Å²) in [5, 5.41) is 0.634. The molecule has 5 nitrogen and oxygen atoms in total. The van der Waals surface area contributed by atoms with Gasteiger partial charge in [0.2, 0.25) is 5.78 Å². The van der Waals surface area contributed by atoms with Crippen molar-refractivity contribution in [3.05, 3.63) is 39.2 Å². The van der Waals surface area contributed by atoms with Crippen molar-refractivity contribution in [1.29, 1.82) is 0 Å². The summed E-state index contributed by atoms with van der Waals surface area (Å²) in [6, 6.07) is 3.44. The number of carbonyl (C=O) groups excluding carboxylic acids is 2. The van der Waals surface area contributed by atoms with Gasteiger partial charge in [0.15, 0.2) is 0 Å². The van der Waals surface area contributed by atoms with Crippen LogP contribution in [0.3, 0.4) is 0 Å². The van der Waals surface area contributed by atoms with Crippen molar-refractivity contribution >= 4 is 22.7 Å². The molecule has 114 valence electrons. The van der Waals surface area contributed by atoms with Crippen LogP contribution in [-0.2, 0) is 22.4 Å². The van der Waals surface area contributed by atoms with Crippen LogP contribution in [0.4, 0.5) is 0 Å². The summed E-state index contributed by atoms with van der Waals surface area (Å²) in [6.45, 7) is 2.97. The van der Waals surface area contributed by atoms with Crippen LogP contribution >= 0.6 is 0 Å². The van der Waals surface area contributed by atoms with Gasteiger partial charge in [-0.05, 0) is 55.9 Å². The lowest BCUT2D eigenvalue weighted by Gasteiger charge is -2.18. The third-order valence-corrected chi connectivity index (χ3v) is 3.92. The van der Waals surface area contributed by atoms with Gasteiger partial charge < -0.3 is 9.15 Å². The Morgan fingerprint density at radius 1 is 1.14 bits per heavy atom. The van der Waals surface area contributed by atoms with Crippen molar-refractivity contribution < 1.29 is 18.7 Å². The van der Waals surface area contributed by atoms with Gasteiger partial charge in [-0.1, -0.05) is 0 Å². The molecule has 0 saturated heterocycles. The molecular formula is C17H16O5. The third kappa shape index (κ3) is 2.43. The molecule has 0 aliphatic heterocycles. The number of benzene rings is 1. The van der Waals surface area contributed by atoms with Crippen molar-refractivity contribution in [3.63, 3.8) is 0 Å². The molecule has 0 spiro atoms. The fourth-order valence-electron chi connectivity index (χ4n) is 2.92. The van der Waals surface area contributed by atoms with E-state index in [0.717, 1.165) is 37.3 Å². The van der Waals surface area contributed by atoms with E-state index in [1.165, 1.54) is 0 Å². The van der Waals surface area contributed by atoms with Crippen LogP contribution in [0, 0.1) is 6.92 Å². The topological polar surface area (TPSA) is 73.6 Å². The van der Waals surface area contributed by atoms with Crippen molar-refractivity contribution in [2.75, 3.05) is 0 Å². The molecule has 0 N–H and O–H groups in total. The Hall–Kier alpha value is -2.43. The smallest absolute Gasteiger partial charge is 0.379 e. The van der Waals surface area contributed by atoms with Crippen molar-refractivity contribution in [1.82, 2.24) is 0 Å². The number of fused-ring (bicyclic) bond motifs is 3. The summed E-state index contributed by atoms with van der Waals surface area (Å²) in [6.07, 6.45) is 3.32. The molecule has 1 aromatic carbocycles. The minimum atomic E-state index is -0.914. The lowest BCUT2D eigenvalue weighted by Crippen LogP contribution is -2.19. The molecule has 3 rings (SSSR count). The van der Waals surface area contributed by atoms with Gasteiger partial charge >= 0.3 is 11.6 Å². The minimum Gasteiger partial charge on any atom is -0.422 e. The van der Waals surface area contributed by atoms with Gasteiger partial charge in [0.1, 0.15) is 11.3 Å². The Morgan fingerprint density at radius 3 is 2.50 bits per heavy atom. The molecule has 5 heteroatoms. The van der Waals surface area contributed by atoms with Crippen molar-refractivity contribution in [2.45, 2.75) is 39.5 Å². The second-order valence-corrected chi connectivity index (χ2v) is 5.64. The average Bonchev–Trinajstić information content (AvgIpc) is 2.46. The SMILES string of the molecule is CC(=O)C(=O)Oc1cc(C)cc2oc(=O)c3c(c12)CCCC3. The molecule has 0 atom stereocenters. The first-order valence-electron chi connectivity index (χ1n) is 7.29. The summed E-state index contributed by atoms with van der Waals surface area (Å²) < 4.78 is 10.6. The third-order valence-electron chi connectivity index (χ3n) is 3.92.